The van der Waals surface area contributed by atoms with Crippen LogP contribution in [-0.2, 0) is 0 Å². The van der Waals surface area contributed by atoms with Crippen molar-refractivity contribution >= 4 is 0 Å². The summed E-state index contributed by atoms with van der Waals surface area (Å²) in [6, 6.07) is 1.49. The molecule has 0 radical (unpaired) electrons. The van der Waals surface area contributed by atoms with E-state index in [2.05, 4.69) is 37.6 Å². The van der Waals surface area contributed by atoms with Gasteiger partial charge in [0.1, 0.15) is 0 Å². The summed E-state index contributed by atoms with van der Waals surface area (Å²) in [5, 5.41) is 0. The largest absolute Gasteiger partial charge is 0.304 e. The summed E-state index contributed by atoms with van der Waals surface area (Å²) in [5.41, 5.74) is 0. The van der Waals surface area contributed by atoms with Crippen LogP contribution >= 0.6 is 0 Å². The summed E-state index contributed by atoms with van der Waals surface area (Å²) < 4.78 is 0. The van der Waals surface area contributed by atoms with Crippen LogP contribution in [0.3, 0.4) is 0 Å². The molecule has 0 bridgehead atoms. The van der Waals surface area contributed by atoms with Gasteiger partial charge in [-0.25, -0.2) is 0 Å². The Labute approximate surface area is 76.5 Å². The quantitative estimate of drug-likeness (QED) is 0.618. The fourth-order valence-electron chi connectivity index (χ4n) is 2.07. The van der Waals surface area contributed by atoms with Gasteiger partial charge in [0, 0.05) is 31.7 Å². The highest BCUT2D eigenvalue weighted by molar-refractivity contribution is 4.81. The molecule has 0 amide bonds. The molecule has 72 valence electrons. The topological polar surface area (TPSA) is 6.48 Å². The predicted molar refractivity (Wildman–Crippen MR) is 53.4 cm³/mol. The molecule has 0 aromatic carbocycles. The lowest BCUT2D eigenvalue weighted by Gasteiger charge is -2.42. The SMILES string of the molecule is CC[C@H]1CN(C)CCN1C(C)C. The molecule has 0 aromatic heterocycles. The number of likely N-dealkylation sites (N-methyl/N-ethyl adjacent to an activating group) is 1. The van der Waals surface area contributed by atoms with E-state index in [1.807, 2.05) is 0 Å². The van der Waals surface area contributed by atoms with Crippen molar-refractivity contribution < 1.29 is 0 Å². The molecule has 0 saturated carbocycles. The molecule has 0 aliphatic carbocycles. The van der Waals surface area contributed by atoms with Gasteiger partial charge in [0.15, 0.2) is 0 Å². The second kappa shape index (κ2) is 4.24. The third-order valence-corrected chi connectivity index (χ3v) is 2.87. The van der Waals surface area contributed by atoms with Crippen LogP contribution in [0.25, 0.3) is 0 Å². The maximum Gasteiger partial charge on any atom is 0.0223 e. The van der Waals surface area contributed by atoms with E-state index in [-0.39, 0.29) is 0 Å². The van der Waals surface area contributed by atoms with Crippen LogP contribution in [0.5, 0.6) is 0 Å². The van der Waals surface area contributed by atoms with Gasteiger partial charge in [-0.05, 0) is 27.3 Å². The first-order valence-corrected chi connectivity index (χ1v) is 5.09. The standard InChI is InChI=1S/C10H22N2/c1-5-10-8-11(4)6-7-12(10)9(2)3/h9-10H,5-8H2,1-4H3/t10-/m0/s1. The van der Waals surface area contributed by atoms with Gasteiger partial charge in [-0.1, -0.05) is 6.92 Å². The van der Waals surface area contributed by atoms with Gasteiger partial charge in [-0.3, -0.25) is 4.90 Å². The third kappa shape index (κ3) is 2.20. The van der Waals surface area contributed by atoms with Gasteiger partial charge in [-0.2, -0.15) is 0 Å². The minimum absolute atomic E-state index is 0.712. The summed E-state index contributed by atoms with van der Waals surface area (Å²) in [5.74, 6) is 0. The smallest absolute Gasteiger partial charge is 0.0223 e. The first kappa shape index (κ1) is 10.0. The van der Waals surface area contributed by atoms with Crippen LogP contribution in [0, 0.1) is 0 Å². The molecular weight excluding hydrogens is 148 g/mol. The monoisotopic (exact) mass is 170 g/mol. The Morgan fingerprint density at radius 1 is 1.33 bits per heavy atom. The summed E-state index contributed by atoms with van der Waals surface area (Å²) in [7, 11) is 2.22. The Bertz CT molecular complexity index is 134. The van der Waals surface area contributed by atoms with Crippen LogP contribution in [0.15, 0.2) is 0 Å². The highest BCUT2D eigenvalue weighted by atomic mass is 15.3. The van der Waals surface area contributed by atoms with Crippen molar-refractivity contribution in [1.29, 1.82) is 0 Å². The molecule has 12 heavy (non-hydrogen) atoms. The maximum atomic E-state index is 2.62. The van der Waals surface area contributed by atoms with Crippen molar-refractivity contribution in [1.82, 2.24) is 9.80 Å². The average Bonchev–Trinajstić information content (AvgIpc) is 2.03. The number of hydrogen-bond acceptors (Lipinski definition) is 2. The van der Waals surface area contributed by atoms with Gasteiger partial charge in [0.05, 0.1) is 0 Å². The van der Waals surface area contributed by atoms with E-state index < -0.39 is 0 Å². The molecule has 1 saturated heterocycles. The summed E-state index contributed by atoms with van der Waals surface area (Å²) in [6.45, 7) is 10.6. The van der Waals surface area contributed by atoms with E-state index in [9.17, 15) is 0 Å². The average molecular weight is 170 g/mol. The van der Waals surface area contributed by atoms with Gasteiger partial charge < -0.3 is 4.90 Å². The first-order valence-electron chi connectivity index (χ1n) is 5.09. The zero-order valence-electron chi connectivity index (χ0n) is 8.88. The normalized spacial score (nSPS) is 28.2. The molecule has 1 atom stereocenters. The van der Waals surface area contributed by atoms with Crippen LogP contribution < -0.4 is 0 Å². The minimum atomic E-state index is 0.712. The molecular formula is C10H22N2. The molecule has 2 nitrogen and oxygen atoms in total. The number of nitrogens with zero attached hydrogens (tertiary/aromatic N) is 2. The molecule has 1 heterocycles. The van der Waals surface area contributed by atoms with Gasteiger partial charge in [0.2, 0.25) is 0 Å². The van der Waals surface area contributed by atoms with E-state index in [1.54, 1.807) is 0 Å². The second-order valence-corrected chi connectivity index (χ2v) is 4.16. The van der Waals surface area contributed by atoms with Crippen molar-refractivity contribution in [3.05, 3.63) is 0 Å². The Morgan fingerprint density at radius 3 is 2.50 bits per heavy atom. The van der Waals surface area contributed by atoms with Crippen LogP contribution in [0.4, 0.5) is 0 Å². The van der Waals surface area contributed by atoms with E-state index in [1.165, 1.54) is 26.1 Å². The van der Waals surface area contributed by atoms with Crippen molar-refractivity contribution in [3.63, 3.8) is 0 Å². The highest BCUT2D eigenvalue weighted by Gasteiger charge is 2.24. The molecule has 1 fully saturated rings. The number of rotatable bonds is 2. The number of piperazine rings is 1. The van der Waals surface area contributed by atoms with E-state index >= 15 is 0 Å². The minimum Gasteiger partial charge on any atom is -0.304 e. The van der Waals surface area contributed by atoms with Crippen molar-refractivity contribution in [3.8, 4) is 0 Å². The summed E-state index contributed by atoms with van der Waals surface area (Å²) in [4.78, 5) is 5.06. The Kier molecular flexibility index (Phi) is 3.53. The Balaban J connectivity index is 2.50. The lowest BCUT2D eigenvalue weighted by molar-refractivity contribution is 0.0623. The fourth-order valence-corrected chi connectivity index (χ4v) is 2.07. The summed E-state index contributed by atoms with van der Waals surface area (Å²) in [6.07, 6.45) is 1.28. The van der Waals surface area contributed by atoms with Crippen LogP contribution in [0.2, 0.25) is 0 Å². The Hall–Kier alpha value is -0.0800. The highest BCUT2D eigenvalue weighted by Crippen LogP contribution is 2.14. The molecule has 1 aliphatic heterocycles. The van der Waals surface area contributed by atoms with E-state index in [4.69, 9.17) is 0 Å². The zero-order chi connectivity index (χ0) is 9.14. The molecule has 0 N–H and O–H groups in total. The summed E-state index contributed by atoms with van der Waals surface area (Å²) >= 11 is 0. The van der Waals surface area contributed by atoms with Crippen LogP contribution in [-0.4, -0.2) is 48.6 Å². The predicted octanol–water partition coefficient (Wildman–Crippen LogP) is 1.42. The van der Waals surface area contributed by atoms with Gasteiger partial charge >= 0.3 is 0 Å². The lowest BCUT2D eigenvalue weighted by Crippen LogP contribution is -2.53. The molecule has 0 spiro atoms. The Morgan fingerprint density at radius 2 is 2.00 bits per heavy atom. The van der Waals surface area contributed by atoms with Crippen molar-refractivity contribution in [2.24, 2.45) is 0 Å². The van der Waals surface area contributed by atoms with Gasteiger partial charge in [-0.15, -0.1) is 0 Å². The molecule has 0 unspecified atom stereocenters. The van der Waals surface area contributed by atoms with E-state index in [0.29, 0.717) is 6.04 Å². The third-order valence-electron chi connectivity index (χ3n) is 2.87. The van der Waals surface area contributed by atoms with Crippen LogP contribution in [0.1, 0.15) is 27.2 Å². The molecule has 0 aromatic rings. The first-order chi connectivity index (χ1) is 5.65. The maximum absolute atomic E-state index is 2.62. The van der Waals surface area contributed by atoms with Crippen molar-refractivity contribution in [2.75, 3.05) is 26.7 Å². The van der Waals surface area contributed by atoms with Crippen molar-refractivity contribution in [2.45, 2.75) is 39.3 Å². The molecule has 2 heteroatoms. The fraction of sp³-hybridized carbons (Fsp3) is 1.00. The molecule has 1 aliphatic rings. The lowest BCUT2D eigenvalue weighted by atomic mass is 10.1. The second-order valence-electron chi connectivity index (χ2n) is 4.16. The number of hydrogen-bond donors (Lipinski definition) is 0. The molecule has 1 rings (SSSR count). The van der Waals surface area contributed by atoms with Gasteiger partial charge in [0.25, 0.3) is 0 Å². The van der Waals surface area contributed by atoms with E-state index in [0.717, 1.165) is 6.04 Å². The zero-order valence-corrected chi connectivity index (χ0v) is 8.88.